The first-order chi connectivity index (χ1) is 8.15. The number of carbonyl (C=O) groups excluding carboxylic acids is 1. The van der Waals surface area contributed by atoms with Gasteiger partial charge in [-0.15, -0.1) is 0 Å². The van der Waals surface area contributed by atoms with Gasteiger partial charge in [0.2, 0.25) is 0 Å². The van der Waals surface area contributed by atoms with Crippen molar-refractivity contribution in [2.75, 3.05) is 18.0 Å². The van der Waals surface area contributed by atoms with E-state index < -0.39 is 0 Å². The predicted molar refractivity (Wildman–Crippen MR) is 69.6 cm³/mol. The van der Waals surface area contributed by atoms with Crippen LogP contribution in [0.25, 0.3) is 0 Å². The molecule has 0 atom stereocenters. The number of carbonyl (C=O) groups is 1. The van der Waals surface area contributed by atoms with E-state index in [2.05, 4.69) is 5.32 Å². The second-order valence-electron chi connectivity index (χ2n) is 4.75. The number of anilines is 2. The van der Waals surface area contributed by atoms with E-state index >= 15 is 0 Å². The highest BCUT2D eigenvalue weighted by Crippen LogP contribution is 2.23. The molecule has 4 nitrogen and oxygen atoms in total. The molecule has 0 heterocycles. The van der Waals surface area contributed by atoms with Gasteiger partial charge in [-0.1, -0.05) is 12.8 Å². The molecule has 0 bridgehead atoms. The van der Waals surface area contributed by atoms with Crippen molar-refractivity contribution >= 4 is 17.3 Å². The summed E-state index contributed by atoms with van der Waals surface area (Å²) in [6, 6.07) is 4.95. The maximum Gasteiger partial charge on any atom is 0.251 e. The fourth-order valence-corrected chi connectivity index (χ4v) is 2.36. The number of rotatable bonds is 3. The van der Waals surface area contributed by atoms with Crippen molar-refractivity contribution in [2.24, 2.45) is 5.92 Å². The number of nitrogens with one attached hydrogen (secondary N) is 1. The van der Waals surface area contributed by atoms with Gasteiger partial charge in [0.05, 0.1) is 0 Å². The van der Waals surface area contributed by atoms with E-state index in [0.29, 0.717) is 22.9 Å². The maximum absolute atomic E-state index is 11.9. The summed E-state index contributed by atoms with van der Waals surface area (Å²) in [6.07, 6.45) is 5.01. The first-order valence-electron chi connectivity index (χ1n) is 6.09. The molecule has 0 spiro atoms. The lowest BCUT2D eigenvalue weighted by molar-refractivity contribution is 0.0947. The van der Waals surface area contributed by atoms with Crippen LogP contribution in [0.4, 0.5) is 11.4 Å². The molecule has 0 saturated heterocycles. The Morgan fingerprint density at radius 2 is 1.76 bits per heavy atom. The third-order valence-electron chi connectivity index (χ3n) is 3.27. The van der Waals surface area contributed by atoms with Gasteiger partial charge in [0, 0.05) is 23.5 Å². The number of hydrogen-bond donors (Lipinski definition) is 3. The van der Waals surface area contributed by atoms with Gasteiger partial charge in [-0.25, -0.2) is 0 Å². The highest BCUT2D eigenvalue weighted by molar-refractivity contribution is 5.96. The van der Waals surface area contributed by atoms with Gasteiger partial charge >= 0.3 is 0 Å². The van der Waals surface area contributed by atoms with Crippen LogP contribution in [0.5, 0.6) is 0 Å². The van der Waals surface area contributed by atoms with E-state index in [1.165, 1.54) is 25.7 Å². The Labute approximate surface area is 101 Å². The topological polar surface area (TPSA) is 81.1 Å². The molecule has 17 heavy (non-hydrogen) atoms. The lowest BCUT2D eigenvalue weighted by atomic mass is 10.1. The van der Waals surface area contributed by atoms with Crippen LogP contribution in [0.3, 0.4) is 0 Å². The summed E-state index contributed by atoms with van der Waals surface area (Å²) >= 11 is 0. The molecule has 92 valence electrons. The maximum atomic E-state index is 11.9. The van der Waals surface area contributed by atoms with Gasteiger partial charge in [-0.05, 0) is 37.0 Å². The minimum absolute atomic E-state index is 0.0871. The van der Waals surface area contributed by atoms with Gasteiger partial charge in [-0.2, -0.15) is 0 Å². The summed E-state index contributed by atoms with van der Waals surface area (Å²) in [5.41, 5.74) is 12.9. The fraction of sp³-hybridized carbons (Fsp3) is 0.462. The van der Waals surface area contributed by atoms with Crippen molar-refractivity contribution in [3.8, 4) is 0 Å². The molecule has 0 radical (unpaired) electrons. The highest BCUT2D eigenvalue weighted by Gasteiger charge is 2.16. The molecule has 4 heteroatoms. The van der Waals surface area contributed by atoms with E-state index in [1.807, 2.05) is 0 Å². The molecule has 1 saturated carbocycles. The third-order valence-corrected chi connectivity index (χ3v) is 3.27. The van der Waals surface area contributed by atoms with Gasteiger partial charge in [0.25, 0.3) is 5.91 Å². The molecule has 1 aliphatic carbocycles. The summed E-state index contributed by atoms with van der Waals surface area (Å²) in [5, 5.41) is 2.95. The van der Waals surface area contributed by atoms with Crippen LogP contribution in [0.1, 0.15) is 36.0 Å². The smallest absolute Gasteiger partial charge is 0.251 e. The molecule has 1 fully saturated rings. The molecule has 1 amide bonds. The van der Waals surface area contributed by atoms with Crippen LogP contribution >= 0.6 is 0 Å². The Hall–Kier alpha value is -1.71. The van der Waals surface area contributed by atoms with E-state index in [4.69, 9.17) is 11.5 Å². The Kier molecular flexibility index (Phi) is 3.52. The SMILES string of the molecule is Nc1cc(N)cc(C(=O)NCC2CCCC2)c1. The van der Waals surface area contributed by atoms with Crippen LogP contribution in [0, 0.1) is 5.92 Å². The average Bonchev–Trinajstić information content (AvgIpc) is 2.77. The zero-order chi connectivity index (χ0) is 12.3. The van der Waals surface area contributed by atoms with Crippen molar-refractivity contribution in [3.63, 3.8) is 0 Å². The molecule has 2 rings (SSSR count). The minimum atomic E-state index is -0.0871. The minimum Gasteiger partial charge on any atom is -0.399 e. The number of hydrogen-bond acceptors (Lipinski definition) is 3. The quantitative estimate of drug-likeness (QED) is 0.696. The molecule has 0 unspecified atom stereocenters. The molecule has 0 aromatic heterocycles. The van der Waals surface area contributed by atoms with Gasteiger partial charge in [0.15, 0.2) is 0 Å². The van der Waals surface area contributed by atoms with Crippen molar-refractivity contribution in [1.29, 1.82) is 0 Å². The van der Waals surface area contributed by atoms with Crippen LogP contribution in [-0.2, 0) is 0 Å². The zero-order valence-corrected chi connectivity index (χ0v) is 9.91. The molecule has 5 N–H and O–H groups in total. The van der Waals surface area contributed by atoms with Crippen LogP contribution in [0.2, 0.25) is 0 Å². The van der Waals surface area contributed by atoms with E-state index in [0.717, 1.165) is 6.54 Å². The first-order valence-corrected chi connectivity index (χ1v) is 6.09. The van der Waals surface area contributed by atoms with Crippen LogP contribution in [0.15, 0.2) is 18.2 Å². The normalized spacial score (nSPS) is 16.0. The Balaban J connectivity index is 1.94. The zero-order valence-electron chi connectivity index (χ0n) is 9.91. The van der Waals surface area contributed by atoms with Crippen molar-refractivity contribution in [2.45, 2.75) is 25.7 Å². The van der Waals surface area contributed by atoms with Crippen molar-refractivity contribution < 1.29 is 4.79 Å². The van der Waals surface area contributed by atoms with Gasteiger partial charge in [0.1, 0.15) is 0 Å². The monoisotopic (exact) mass is 233 g/mol. The van der Waals surface area contributed by atoms with Crippen LogP contribution < -0.4 is 16.8 Å². The first kappa shape index (κ1) is 11.8. The lowest BCUT2D eigenvalue weighted by Gasteiger charge is -2.11. The number of nitrogens with two attached hydrogens (primary N) is 2. The number of benzene rings is 1. The summed E-state index contributed by atoms with van der Waals surface area (Å²) in [6.45, 7) is 0.757. The Bertz CT molecular complexity index is 391. The number of amides is 1. The second-order valence-corrected chi connectivity index (χ2v) is 4.75. The molecule has 1 aliphatic rings. The molecular weight excluding hydrogens is 214 g/mol. The van der Waals surface area contributed by atoms with E-state index in [9.17, 15) is 4.79 Å². The van der Waals surface area contributed by atoms with Gasteiger partial charge in [-0.3, -0.25) is 4.79 Å². The summed E-state index contributed by atoms with van der Waals surface area (Å²) in [5.74, 6) is 0.549. The molecule has 0 aliphatic heterocycles. The van der Waals surface area contributed by atoms with Gasteiger partial charge < -0.3 is 16.8 Å². The van der Waals surface area contributed by atoms with E-state index in [-0.39, 0.29) is 5.91 Å². The highest BCUT2D eigenvalue weighted by atomic mass is 16.1. The summed E-state index contributed by atoms with van der Waals surface area (Å²) < 4.78 is 0. The van der Waals surface area contributed by atoms with E-state index in [1.54, 1.807) is 18.2 Å². The fourth-order valence-electron chi connectivity index (χ4n) is 2.36. The second kappa shape index (κ2) is 5.08. The largest absolute Gasteiger partial charge is 0.399 e. The average molecular weight is 233 g/mol. The van der Waals surface area contributed by atoms with Crippen molar-refractivity contribution in [1.82, 2.24) is 5.32 Å². The summed E-state index contributed by atoms with van der Waals surface area (Å²) in [4.78, 5) is 11.9. The Morgan fingerprint density at radius 3 is 2.35 bits per heavy atom. The Morgan fingerprint density at radius 1 is 1.18 bits per heavy atom. The summed E-state index contributed by atoms with van der Waals surface area (Å²) in [7, 11) is 0. The number of nitrogen functional groups attached to an aromatic ring is 2. The molecule has 1 aromatic carbocycles. The molecule has 1 aromatic rings. The standard InChI is InChI=1S/C13H19N3O/c14-11-5-10(6-12(15)7-11)13(17)16-8-9-3-1-2-4-9/h5-7,9H,1-4,8,14-15H2,(H,16,17). The molecular formula is C13H19N3O. The van der Waals surface area contributed by atoms with Crippen LogP contribution in [-0.4, -0.2) is 12.5 Å². The predicted octanol–water partition coefficient (Wildman–Crippen LogP) is 1.77. The van der Waals surface area contributed by atoms with Crippen molar-refractivity contribution in [3.05, 3.63) is 23.8 Å². The lowest BCUT2D eigenvalue weighted by Crippen LogP contribution is -2.28. The third kappa shape index (κ3) is 3.12.